The van der Waals surface area contributed by atoms with E-state index in [4.69, 9.17) is 0 Å². The Labute approximate surface area is 110 Å². The number of rotatable bonds is 1. The summed E-state index contributed by atoms with van der Waals surface area (Å²) in [6, 6.07) is 6.24. The van der Waals surface area contributed by atoms with Crippen LogP contribution in [0.3, 0.4) is 0 Å². The quantitative estimate of drug-likeness (QED) is 0.754. The molecule has 4 heteroatoms. The molecular formula is C13H16BrN3. The molecule has 0 aromatic carbocycles. The second-order valence-corrected chi connectivity index (χ2v) is 5.62. The highest BCUT2D eigenvalue weighted by atomic mass is 79.9. The molecule has 1 fully saturated rings. The Morgan fingerprint density at radius 3 is 2.82 bits per heavy atom. The summed E-state index contributed by atoms with van der Waals surface area (Å²) in [5.41, 5.74) is 1.17. The molecule has 2 aromatic heterocycles. The van der Waals surface area contributed by atoms with Crippen LogP contribution in [0, 0.1) is 0 Å². The fraction of sp³-hybridized carbons (Fsp3) is 0.462. The van der Waals surface area contributed by atoms with Crippen molar-refractivity contribution in [1.82, 2.24) is 14.3 Å². The molecule has 0 N–H and O–H groups in total. The first-order valence-corrected chi connectivity index (χ1v) is 6.85. The topological polar surface area (TPSA) is 20.5 Å². The number of fused-ring (bicyclic) bond motifs is 1. The van der Waals surface area contributed by atoms with Gasteiger partial charge in [0.2, 0.25) is 0 Å². The number of nitrogens with zero attached hydrogens (tertiary/aromatic N) is 3. The van der Waals surface area contributed by atoms with Gasteiger partial charge in [0.1, 0.15) is 5.82 Å². The van der Waals surface area contributed by atoms with Crippen LogP contribution in [-0.2, 0) is 0 Å². The van der Waals surface area contributed by atoms with E-state index in [2.05, 4.69) is 55.5 Å². The van der Waals surface area contributed by atoms with E-state index in [1.807, 2.05) is 6.20 Å². The van der Waals surface area contributed by atoms with Gasteiger partial charge in [-0.1, -0.05) is 6.07 Å². The molecule has 1 saturated heterocycles. The molecule has 3 heterocycles. The maximum absolute atomic E-state index is 4.62. The number of hydrogen-bond donors (Lipinski definition) is 0. The average Bonchev–Trinajstić information content (AvgIpc) is 2.75. The molecule has 0 spiro atoms. The third-order valence-electron chi connectivity index (χ3n) is 3.61. The highest BCUT2D eigenvalue weighted by Gasteiger charge is 2.22. The third-order valence-corrected chi connectivity index (χ3v) is 4.23. The minimum atomic E-state index is 0.590. The number of likely N-dealkylation sites (tertiary alicyclic amines) is 1. The van der Waals surface area contributed by atoms with Gasteiger partial charge in [-0.25, -0.2) is 4.98 Å². The second kappa shape index (κ2) is 4.42. The summed E-state index contributed by atoms with van der Waals surface area (Å²) in [4.78, 5) is 7.01. The van der Waals surface area contributed by atoms with Crippen LogP contribution in [0.2, 0.25) is 0 Å². The Bertz CT molecular complexity index is 526. The van der Waals surface area contributed by atoms with Gasteiger partial charge in [0, 0.05) is 5.92 Å². The van der Waals surface area contributed by atoms with E-state index in [-0.39, 0.29) is 0 Å². The summed E-state index contributed by atoms with van der Waals surface area (Å²) in [5, 5.41) is 0. The molecule has 3 rings (SSSR count). The molecule has 1 aliphatic heterocycles. The SMILES string of the molecule is CN1CCC(c2ncc3cccc(Br)n23)CC1. The number of aromatic nitrogens is 2. The predicted octanol–water partition coefficient (Wildman–Crippen LogP) is 2.91. The van der Waals surface area contributed by atoms with E-state index in [0.717, 1.165) is 4.60 Å². The van der Waals surface area contributed by atoms with Crippen molar-refractivity contribution in [3.63, 3.8) is 0 Å². The number of pyridine rings is 1. The van der Waals surface area contributed by atoms with Crippen LogP contribution >= 0.6 is 15.9 Å². The number of halogens is 1. The summed E-state index contributed by atoms with van der Waals surface area (Å²) in [5.74, 6) is 1.80. The highest BCUT2D eigenvalue weighted by molar-refractivity contribution is 9.10. The lowest BCUT2D eigenvalue weighted by atomic mass is 9.96. The Hall–Kier alpha value is -0.870. The van der Waals surface area contributed by atoms with Gasteiger partial charge in [-0.05, 0) is 61.0 Å². The summed E-state index contributed by atoms with van der Waals surface area (Å²) in [6.07, 6.45) is 4.38. The van der Waals surface area contributed by atoms with Crippen molar-refractivity contribution in [2.75, 3.05) is 20.1 Å². The Kier molecular flexibility index (Phi) is 2.92. The molecule has 0 saturated carbocycles. The molecule has 3 nitrogen and oxygen atoms in total. The first-order valence-electron chi connectivity index (χ1n) is 6.06. The first-order chi connectivity index (χ1) is 8.25. The van der Waals surface area contributed by atoms with Gasteiger partial charge in [0.05, 0.1) is 16.3 Å². The lowest BCUT2D eigenvalue weighted by Gasteiger charge is -2.28. The zero-order valence-corrected chi connectivity index (χ0v) is 11.5. The minimum absolute atomic E-state index is 0.590. The molecule has 90 valence electrons. The normalized spacial score (nSPS) is 18.9. The van der Waals surface area contributed by atoms with Gasteiger partial charge < -0.3 is 4.90 Å². The molecule has 0 atom stereocenters. The van der Waals surface area contributed by atoms with Gasteiger partial charge >= 0.3 is 0 Å². The predicted molar refractivity (Wildman–Crippen MR) is 72.4 cm³/mol. The smallest absolute Gasteiger partial charge is 0.117 e. The van der Waals surface area contributed by atoms with Crippen LogP contribution in [0.4, 0.5) is 0 Å². The van der Waals surface area contributed by atoms with E-state index in [9.17, 15) is 0 Å². The van der Waals surface area contributed by atoms with Gasteiger partial charge in [0.25, 0.3) is 0 Å². The van der Waals surface area contributed by atoms with E-state index < -0.39 is 0 Å². The fourth-order valence-electron chi connectivity index (χ4n) is 2.59. The van der Waals surface area contributed by atoms with Gasteiger partial charge in [-0.15, -0.1) is 0 Å². The maximum atomic E-state index is 4.62. The minimum Gasteiger partial charge on any atom is -0.306 e. The summed E-state index contributed by atoms with van der Waals surface area (Å²) < 4.78 is 3.33. The first kappa shape index (κ1) is 11.2. The molecule has 0 amide bonds. The lowest BCUT2D eigenvalue weighted by Crippen LogP contribution is -2.30. The summed E-state index contributed by atoms with van der Waals surface area (Å²) in [7, 11) is 2.19. The Balaban J connectivity index is 2.00. The molecule has 1 aliphatic rings. The van der Waals surface area contributed by atoms with E-state index in [0.29, 0.717) is 5.92 Å². The Morgan fingerprint density at radius 2 is 2.06 bits per heavy atom. The second-order valence-electron chi connectivity index (χ2n) is 4.80. The van der Waals surface area contributed by atoms with Crippen molar-refractivity contribution >= 4 is 21.4 Å². The molecule has 17 heavy (non-hydrogen) atoms. The molecular weight excluding hydrogens is 278 g/mol. The van der Waals surface area contributed by atoms with Crippen molar-refractivity contribution in [3.05, 3.63) is 34.8 Å². The van der Waals surface area contributed by atoms with Crippen molar-refractivity contribution in [1.29, 1.82) is 0 Å². The molecule has 0 unspecified atom stereocenters. The van der Waals surface area contributed by atoms with Crippen molar-refractivity contribution in [3.8, 4) is 0 Å². The number of hydrogen-bond acceptors (Lipinski definition) is 2. The van der Waals surface area contributed by atoms with Crippen LogP contribution in [0.25, 0.3) is 5.52 Å². The van der Waals surface area contributed by atoms with Crippen molar-refractivity contribution < 1.29 is 0 Å². The van der Waals surface area contributed by atoms with Gasteiger partial charge in [0.15, 0.2) is 0 Å². The Morgan fingerprint density at radius 1 is 1.29 bits per heavy atom. The van der Waals surface area contributed by atoms with Gasteiger partial charge in [-0.2, -0.15) is 0 Å². The monoisotopic (exact) mass is 293 g/mol. The van der Waals surface area contributed by atoms with Crippen molar-refractivity contribution in [2.45, 2.75) is 18.8 Å². The van der Waals surface area contributed by atoms with Crippen molar-refractivity contribution in [2.24, 2.45) is 0 Å². The van der Waals surface area contributed by atoms with Crippen LogP contribution in [-0.4, -0.2) is 34.4 Å². The van der Waals surface area contributed by atoms with Crippen LogP contribution in [0.1, 0.15) is 24.6 Å². The van der Waals surface area contributed by atoms with E-state index >= 15 is 0 Å². The largest absolute Gasteiger partial charge is 0.306 e. The molecule has 0 radical (unpaired) electrons. The van der Waals surface area contributed by atoms with E-state index in [1.165, 1.54) is 37.3 Å². The standard InChI is InChI=1S/C13H16BrN3/c1-16-7-5-10(6-8-16)13-15-9-11-3-2-4-12(14)17(11)13/h2-4,9-10H,5-8H2,1H3. The van der Waals surface area contributed by atoms with Crippen LogP contribution in [0.5, 0.6) is 0 Å². The van der Waals surface area contributed by atoms with E-state index in [1.54, 1.807) is 0 Å². The average molecular weight is 294 g/mol. The summed E-state index contributed by atoms with van der Waals surface area (Å²) >= 11 is 3.62. The number of imidazole rings is 1. The summed E-state index contributed by atoms with van der Waals surface area (Å²) in [6.45, 7) is 2.34. The van der Waals surface area contributed by atoms with Gasteiger partial charge in [-0.3, -0.25) is 4.40 Å². The third kappa shape index (κ3) is 2.00. The molecule has 0 aliphatic carbocycles. The van der Waals surface area contributed by atoms with Crippen LogP contribution in [0.15, 0.2) is 29.0 Å². The molecule has 2 aromatic rings. The number of piperidine rings is 1. The zero-order valence-electron chi connectivity index (χ0n) is 9.93. The highest BCUT2D eigenvalue weighted by Crippen LogP contribution is 2.29. The fourth-order valence-corrected chi connectivity index (χ4v) is 3.12. The molecule has 0 bridgehead atoms. The lowest BCUT2D eigenvalue weighted by molar-refractivity contribution is 0.251. The van der Waals surface area contributed by atoms with Crippen LogP contribution < -0.4 is 0 Å². The maximum Gasteiger partial charge on any atom is 0.117 e. The zero-order chi connectivity index (χ0) is 11.8.